The molecule has 2 aliphatic heterocycles. The Hall–Kier alpha value is -2.62. The number of imide groups is 1. The Morgan fingerprint density at radius 3 is 2.15 bits per heavy atom. The number of anilines is 1. The molecule has 0 bridgehead atoms. The SMILES string of the molecule is CC[C@@H](C)c1ccc(S(=O)(=O)N2CCN([C@@H]3CC(=O)N(c4ccc(F)cc4)C3=O)CC2)cc1. The highest BCUT2D eigenvalue weighted by molar-refractivity contribution is 7.89. The molecule has 176 valence electrons. The quantitative estimate of drug-likeness (QED) is 0.603. The number of halogens is 1. The van der Waals surface area contributed by atoms with Crippen LogP contribution in [0.1, 0.15) is 38.2 Å². The molecule has 2 aromatic rings. The van der Waals surface area contributed by atoms with Crippen LogP contribution >= 0.6 is 0 Å². The number of rotatable bonds is 6. The van der Waals surface area contributed by atoms with E-state index >= 15 is 0 Å². The lowest BCUT2D eigenvalue weighted by atomic mass is 9.99. The number of carbonyl (C=O) groups is 2. The zero-order chi connectivity index (χ0) is 23.8. The Morgan fingerprint density at radius 1 is 0.970 bits per heavy atom. The Labute approximate surface area is 193 Å². The first-order valence-corrected chi connectivity index (χ1v) is 12.6. The topological polar surface area (TPSA) is 78.0 Å². The monoisotopic (exact) mass is 473 g/mol. The molecule has 0 saturated carbocycles. The number of benzene rings is 2. The van der Waals surface area contributed by atoms with E-state index in [9.17, 15) is 22.4 Å². The first-order chi connectivity index (χ1) is 15.7. The summed E-state index contributed by atoms with van der Waals surface area (Å²) < 4.78 is 40.8. The van der Waals surface area contributed by atoms with Crippen LogP contribution in [0.4, 0.5) is 10.1 Å². The number of hydrogen-bond acceptors (Lipinski definition) is 5. The van der Waals surface area contributed by atoms with E-state index in [0.717, 1.165) is 16.9 Å². The summed E-state index contributed by atoms with van der Waals surface area (Å²) in [5, 5.41) is 0. The maximum Gasteiger partial charge on any atom is 0.251 e. The second kappa shape index (κ2) is 9.32. The van der Waals surface area contributed by atoms with Crippen LogP contribution in [0.3, 0.4) is 0 Å². The van der Waals surface area contributed by atoms with Crippen LogP contribution < -0.4 is 4.90 Å². The van der Waals surface area contributed by atoms with Gasteiger partial charge in [-0.2, -0.15) is 4.31 Å². The van der Waals surface area contributed by atoms with Crippen molar-refractivity contribution in [1.82, 2.24) is 9.21 Å². The van der Waals surface area contributed by atoms with Crippen molar-refractivity contribution in [1.29, 1.82) is 0 Å². The fraction of sp³-hybridized carbons (Fsp3) is 0.417. The van der Waals surface area contributed by atoms with Crippen molar-refractivity contribution >= 4 is 27.5 Å². The lowest BCUT2D eigenvalue weighted by Crippen LogP contribution is -2.53. The third-order valence-electron chi connectivity index (χ3n) is 6.62. The molecule has 2 heterocycles. The first-order valence-electron chi connectivity index (χ1n) is 11.2. The van der Waals surface area contributed by atoms with E-state index in [0.29, 0.717) is 24.7 Å². The summed E-state index contributed by atoms with van der Waals surface area (Å²) in [6, 6.07) is 11.6. The molecule has 2 amide bonds. The third kappa shape index (κ3) is 4.58. The normalized spacial score (nSPS) is 21.5. The molecule has 4 rings (SSSR count). The van der Waals surface area contributed by atoms with Crippen molar-refractivity contribution in [2.45, 2.75) is 43.5 Å². The van der Waals surface area contributed by atoms with Gasteiger partial charge in [0.2, 0.25) is 15.9 Å². The van der Waals surface area contributed by atoms with Gasteiger partial charge in [-0.25, -0.2) is 17.7 Å². The molecule has 2 aromatic carbocycles. The van der Waals surface area contributed by atoms with Crippen LogP contribution in [0.5, 0.6) is 0 Å². The molecule has 0 aromatic heterocycles. The van der Waals surface area contributed by atoms with E-state index < -0.39 is 21.9 Å². The molecular formula is C24H28FN3O4S. The molecular weight excluding hydrogens is 445 g/mol. The van der Waals surface area contributed by atoms with Gasteiger partial charge in [-0.05, 0) is 54.3 Å². The molecule has 2 saturated heterocycles. The number of sulfonamides is 1. The molecule has 33 heavy (non-hydrogen) atoms. The van der Waals surface area contributed by atoms with Gasteiger partial charge >= 0.3 is 0 Å². The van der Waals surface area contributed by atoms with Crippen LogP contribution in [0, 0.1) is 5.82 Å². The smallest absolute Gasteiger partial charge is 0.251 e. The van der Waals surface area contributed by atoms with E-state index in [2.05, 4.69) is 13.8 Å². The Balaban J connectivity index is 1.42. The maximum atomic E-state index is 13.2. The molecule has 9 heteroatoms. The zero-order valence-electron chi connectivity index (χ0n) is 18.8. The minimum atomic E-state index is -3.63. The molecule has 2 fully saturated rings. The lowest BCUT2D eigenvalue weighted by molar-refractivity contribution is -0.123. The van der Waals surface area contributed by atoms with Gasteiger partial charge in [-0.1, -0.05) is 26.0 Å². The molecule has 0 N–H and O–H groups in total. The average molecular weight is 474 g/mol. The average Bonchev–Trinajstić information content (AvgIpc) is 3.13. The van der Waals surface area contributed by atoms with Gasteiger partial charge in [-0.15, -0.1) is 0 Å². The first kappa shape index (κ1) is 23.5. The van der Waals surface area contributed by atoms with E-state index in [1.165, 1.54) is 28.6 Å². The fourth-order valence-electron chi connectivity index (χ4n) is 4.37. The molecule has 0 aliphatic carbocycles. The number of nitrogens with zero attached hydrogens (tertiary/aromatic N) is 3. The largest absolute Gasteiger partial charge is 0.289 e. The minimum Gasteiger partial charge on any atom is -0.289 e. The zero-order valence-corrected chi connectivity index (χ0v) is 19.6. The highest BCUT2D eigenvalue weighted by atomic mass is 32.2. The van der Waals surface area contributed by atoms with Crippen LogP contribution in [0.2, 0.25) is 0 Å². The van der Waals surface area contributed by atoms with Crippen LogP contribution in [-0.2, 0) is 19.6 Å². The van der Waals surface area contributed by atoms with Crippen molar-refractivity contribution in [2.24, 2.45) is 0 Å². The highest BCUT2D eigenvalue weighted by Crippen LogP contribution is 2.28. The Bertz CT molecular complexity index is 1130. The van der Waals surface area contributed by atoms with Crippen molar-refractivity contribution in [2.75, 3.05) is 31.1 Å². The van der Waals surface area contributed by atoms with Gasteiger partial charge in [0.05, 0.1) is 23.0 Å². The fourth-order valence-corrected chi connectivity index (χ4v) is 5.79. The van der Waals surface area contributed by atoms with E-state index in [-0.39, 0.29) is 36.2 Å². The standard InChI is InChI=1S/C24H28FN3O4S/c1-3-17(2)18-4-10-21(11-5-18)33(31,32)27-14-12-26(13-15-27)22-16-23(29)28(24(22)30)20-8-6-19(25)7-9-20/h4-11,17,22H,3,12-16H2,1-2H3/t17-,22-/m1/s1. The van der Waals surface area contributed by atoms with Crippen molar-refractivity contribution in [3.63, 3.8) is 0 Å². The van der Waals surface area contributed by atoms with Crippen molar-refractivity contribution < 1.29 is 22.4 Å². The summed E-state index contributed by atoms with van der Waals surface area (Å²) in [5.74, 6) is -0.774. The second-order valence-electron chi connectivity index (χ2n) is 8.58. The third-order valence-corrected chi connectivity index (χ3v) is 8.53. The summed E-state index contributed by atoms with van der Waals surface area (Å²) in [7, 11) is -3.63. The van der Waals surface area contributed by atoms with Crippen LogP contribution in [-0.4, -0.2) is 61.7 Å². The Morgan fingerprint density at radius 2 is 1.58 bits per heavy atom. The lowest BCUT2D eigenvalue weighted by Gasteiger charge is -2.36. The number of hydrogen-bond donors (Lipinski definition) is 0. The van der Waals surface area contributed by atoms with E-state index in [4.69, 9.17) is 0 Å². The second-order valence-corrected chi connectivity index (χ2v) is 10.5. The molecule has 0 radical (unpaired) electrons. The van der Waals surface area contributed by atoms with Gasteiger partial charge in [0.25, 0.3) is 5.91 Å². The summed E-state index contributed by atoms with van der Waals surface area (Å²) in [6.45, 7) is 5.38. The van der Waals surface area contributed by atoms with E-state index in [1.54, 1.807) is 12.1 Å². The summed E-state index contributed by atoms with van der Waals surface area (Å²) in [4.78, 5) is 28.7. The molecule has 0 unspecified atom stereocenters. The van der Waals surface area contributed by atoms with Gasteiger partial charge in [-0.3, -0.25) is 14.5 Å². The molecule has 2 aliphatic rings. The van der Waals surface area contributed by atoms with Gasteiger partial charge in [0.1, 0.15) is 5.82 Å². The molecule has 0 spiro atoms. The van der Waals surface area contributed by atoms with Gasteiger partial charge in [0.15, 0.2) is 0 Å². The van der Waals surface area contributed by atoms with Gasteiger partial charge in [0, 0.05) is 26.2 Å². The van der Waals surface area contributed by atoms with Crippen molar-refractivity contribution in [3.05, 3.63) is 59.9 Å². The molecule has 7 nitrogen and oxygen atoms in total. The van der Waals surface area contributed by atoms with Crippen LogP contribution in [0.15, 0.2) is 53.4 Å². The molecule has 2 atom stereocenters. The number of amides is 2. The van der Waals surface area contributed by atoms with E-state index in [1.807, 2.05) is 17.0 Å². The number of piperazine rings is 1. The minimum absolute atomic E-state index is 0.0278. The predicted octanol–water partition coefficient (Wildman–Crippen LogP) is 2.98. The Kier molecular flexibility index (Phi) is 6.65. The number of carbonyl (C=O) groups excluding carboxylic acids is 2. The summed E-state index contributed by atoms with van der Waals surface area (Å²) >= 11 is 0. The summed E-state index contributed by atoms with van der Waals surface area (Å²) in [6.07, 6.45) is 1.01. The van der Waals surface area contributed by atoms with Crippen molar-refractivity contribution in [3.8, 4) is 0 Å². The van der Waals surface area contributed by atoms with Gasteiger partial charge < -0.3 is 0 Å². The summed E-state index contributed by atoms with van der Waals surface area (Å²) in [5.41, 5.74) is 1.45. The highest BCUT2D eigenvalue weighted by Gasteiger charge is 2.44. The predicted molar refractivity (Wildman–Crippen MR) is 123 cm³/mol. The maximum absolute atomic E-state index is 13.2. The van der Waals surface area contributed by atoms with Crippen LogP contribution in [0.25, 0.3) is 0 Å².